The van der Waals surface area contributed by atoms with Crippen LogP contribution in [0.4, 0.5) is 0 Å². The lowest BCUT2D eigenvalue weighted by Crippen LogP contribution is -2.63. The monoisotopic (exact) mass is 534 g/mol. The SMILES string of the molecule is CC(=O)O[C@H]1CC[C@@]2(C)[C@H](C1)C[C@@H](OC(C)=O)[C@@H]1[C@@H]2C[C@@H](OC(C)=O)[C@]2(C)[C@@H]([C@H](C)CCC(=O)O)CC[C@@H]12. The van der Waals surface area contributed by atoms with E-state index in [2.05, 4.69) is 20.8 Å². The van der Waals surface area contributed by atoms with Gasteiger partial charge in [0.25, 0.3) is 0 Å². The number of hydrogen-bond donors (Lipinski definition) is 1. The summed E-state index contributed by atoms with van der Waals surface area (Å²) < 4.78 is 17.8. The molecule has 4 saturated carbocycles. The Morgan fingerprint density at radius 3 is 2.13 bits per heavy atom. The zero-order valence-electron chi connectivity index (χ0n) is 23.9. The molecule has 4 aliphatic carbocycles. The lowest BCUT2D eigenvalue weighted by Gasteiger charge is -2.64. The molecule has 0 aliphatic heterocycles. The second-order valence-electron chi connectivity index (χ2n) is 13.2. The number of aliphatic carboxylic acids is 1. The van der Waals surface area contributed by atoms with E-state index in [1.165, 1.54) is 20.8 Å². The third-order valence-corrected chi connectivity index (χ3v) is 11.2. The van der Waals surface area contributed by atoms with Crippen LogP contribution in [0.3, 0.4) is 0 Å². The minimum absolute atomic E-state index is 0.0370. The van der Waals surface area contributed by atoms with E-state index in [0.29, 0.717) is 12.8 Å². The summed E-state index contributed by atoms with van der Waals surface area (Å²) in [5.74, 6) is -0.421. The van der Waals surface area contributed by atoms with Crippen LogP contribution in [0.5, 0.6) is 0 Å². The highest BCUT2D eigenvalue weighted by Crippen LogP contribution is 2.69. The number of carbonyl (C=O) groups excluding carboxylic acids is 3. The van der Waals surface area contributed by atoms with Gasteiger partial charge in [0, 0.05) is 38.5 Å². The van der Waals surface area contributed by atoms with Gasteiger partial charge >= 0.3 is 23.9 Å². The highest BCUT2D eigenvalue weighted by molar-refractivity contribution is 5.67. The molecule has 0 aromatic heterocycles. The first-order chi connectivity index (χ1) is 17.8. The van der Waals surface area contributed by atoms with Crippen molar-refractivity contribution in [3.8, 4) is 0 Å². The quantitative estimate of drug-likeness (QED) is 0.352. The molecule has 214 valence electrons. The molecule has 1 N–H and O–H groups in total. The van der Waals surface area contributed by atoms with Crippen LogP contribution in [0.2, 0.25) is 0 Å². The van der Waals surface area contributed by atoms with E-state index in [0.717, 1.165) is 38.5 Å². The number of carboxylic acids is 1. The lowest BCUT2D eigenvalue weighted by atomic mass is 9.43. The Labute approximate surface area is 226 Å². The second kappa shape index (κ2) is 10.8. The first-order valence-electron chi connectivity index (χ1n) is 14.5. The Balaban J connectivity index is 1.71. The molecule has 8 heteroatoms. The topological polar surface area (TPSA) is 116 Å². The Kier molecular flexibility index (Phi) is 8.21. The Morgan fingerprint density at radius 2 is 1.53 bits per heavy atom. The fourth-order valence-electron chi connectivity index (χ4n) is 9.67. The van der Waals surface area contributed by atoms with E-state index in [-0.39, 0.29) is 89.0 Å². The smallest absolute Gasteiger partial charge is 0.303 e. The molecule has 38 heavy (non-hydrogen) atoms. The van der Waals surface area contributed by atoms with Gasteiger partial charge in [-0.05, 0) is 86.4 Å². The van der Waals surface area contributed by atoms with Crippen molar-refractivity contribution in [1.82, 2.24) is 0 Å². The van der Waals surface area contributed by atoms with Crippen molar-refractivity contribution < 1.29 is 38.5 Å². The molecule has 0 aromatic carbocycles. The van der Waals surface area contributed by atoms with Crippen molar-refractivity contribution in [2.24, 2.45) is 46.3 Å². The average Bonchev–Trinajstić information content (AvgIpc) is 3.16. The maximum Gasteiger partial charge on any atom is 0.303 e. The molecule has 4 aliphatic rings. The minimum Gasteiger partial charge on any atom is -0.481 e. The van der Waals surface area contributed by atoms with Crippen molar-refractivity contribution in [2.75, 3.05) is 0 Å². The third-order valence-electron chi connectivity index (χ3n) is 11.2. The van der Waals surface area contributed by atoms with Gasteiger partial charge in [-0.15, -0.1) is 0 Å². The molecule has 0 aromatic rings. The largest absolute Gasteiger partial charge is 0.481 e. The van der Waals surface area contributed by atoms with E-state index in [1.54, 1.807) is 0 Å². The molecule has 0 heterocycles. The van der Waals surface area contributed by atoms with Gasteiger partial charge in [0.05, 0.1) is 0 Å². The highest BCUT2D eigenvalue weighted by Gasteiger charge is 2.67. The fourth-order valence-corrected chi connectivity index (χ4v) is 9.67. The summed E-state index contributed by atoms with van der Waals surface area (Å²) in [7, 11) is 0. The van der Waals surface area contributed by atoms with Crippen LogP contribution in [-0.4, -0.2) is 47.3 Å². The van der Waals surface area contributed by atoms with Crippen LogP contribution < -0.4 is 0 Å². The van der Waals surface area contributed by atoms with Gasteiger partial charge in [0.2, 0.25) is 0 Å². The Bertz CT molecular complexity index is 947. The number of hydrogen-bond acceptors (Lipinski definition) is 7. The molecule has 0 spiro atoms. The third kappa shape index (κ3) is 5.21. The summed E-state index contributed by atoms with van der Waals surface area (Å²) in [5, 5.41) is 9.31. The molecule has 11 atom stereocenters. The maximum absolute atomic E-state index is 12.4. The predicted octanol–water partition coefficient (Wildman–Crippen LogP) is 5.16. The van der Waals surface area contributed by atoms with Gasteiger partial charge in [-0.2, -0.15) is 0 Å². The summed E-state index contributed by atoms with van der Waals surface area (Å²) in [6.45, 7) is 11.1. The predicted molar refractivity (Wildman–Crippen MR) is 139 cm³/mol. The molecular weight excluding hydrogens is 488 g/mol. The van der Waals surface area contributed by atoms with Crippen LogP contribution >= 0.6 is 0 Å². The lowest BCUT2D eigenvalue weighted by molar-refractivity contribution is -0.224. The summed E-state index contributed by atoms with van der Waals surface area (Å²) in [6, 6.07) is 0. The minimum atomic E-state index is -0.790. The first kappa shape index (κ1) is 28.9. The van der Waals surface area contributed by atoms with Crippen molar-refractivity contribution >= 4 is 23.9 Å². The second-order valence-corrected chi connectivity index (χ2v) is 13.2. The maximum atomic E-state index is 12.4. The van der Waals surface area contributed by atoms with Crippen LogP contribution in [0, 0.1) is 46.3 Å². The van der Waals surface area contributed by atoms with E-state index in [1.807, 2.05) is 0 Å². The van der Waals surface area contributed by atoms with Crippen molar-refractivity contribution in [1.29, 1.82) is 0 Å². The van der Waals surface area contributed by atoms with Gasteiger partial charge in [0.1, 0.15) is 18.3 Å². The highest BCUT2D eigenvalue weighted by atomic mass is 16.6. The van der Waals surface area contributed by atoms with Crippen LogP contribution in [0.1, 0.15) is 99.3 Å². The molecule has 4 fully saturated rings. The van der Waals surface area contributed by atoms with E-state index < -0.39 is 5.97 Å². The fraction of sp³-hybridized carbons (Fsp3) is 0.867. The van der Waals surface area contributed by atoms with E-state index in [4.69, 9.17) is 14.2 Å². The van der Waals surface area contributed by atoms with Crippen molar-refractivity contribution in [3.05, 3.63) is 0 Å². The zero-order valence-corrected chi connectivity index (χ0v) is 23.9. The summed E-state index contributed by atoms with van der Waals surface area (Å²) >= 11 is 0. The first-order valence-corrected chi connectivity index (χ1v) is 14.5. The zero-order chi connectivity index (χ0) is 28.0. The number of carboxylic acid groups (broad SMARTS) is 1. The van der Waals surface area contributed by atoms with Gasteiger partial charge < -0.3 is 19.3 Å². The number of rotatable bonds is 7. The number of fused-ring (bicyclic) bond motifs is 5. The molecule has 0 saturated heterocycles. The molecule has 0 radical (unpaired) electrons. The average molecular weight is 535 g/mol. The number of carbonyl (C=O) groups is 4. The molecular formula is C30H46O8. The van der Waals surface area contributed by atoms with Crippen molar-refractivity contribution in [3.63, 3.8) is 0 Å². The van der Waals surface area contributed by atoms with Gasteiger partial charge in [0.15, 0.2) is 0 Å². The Hall–Kier alpha value is -2.12. The van der Waals surface area contributed by atoms with Gasteiger partial charge in [-0.3, -0.25) is 19.2 Å². The molecule has 0 bridgehead atoms. The summed E-state index contributed by atoms with van der Waals surface area (Å²) in [5.41, 5.74) is -0.355. The normalized spacial score (nSPS) is 42.6. The molecule has 0 amide bonds. The van der Waals surface area contributed by atoms with Gasteiger partial charge in [-0.25, -0.2) is 0 Å². The number of esters is 3. The number of ether oxygens (including phenoxy) is 3. The van der Waals surface area contributed by atoms with Gasteiger partial charge in [-0.1, -0.05) is 20.8 Å². The van der Waals surface area contributed by atoms with E-state index in [9.17, 15) is 24.3 Å². The van der Waals surface area contributed by atoms with E-state index >= 15 is 0 Å². The van der Waals surface area contributed by atoms with Crippen molar-refractivity contribution in [2.45, 2.75) is 118 Å². The Morgan fingerprint density at radius 1 is 0.868 bits per heavy atom. The van der Waals surface area contributed by atoms with Crippen LogP contribution in [0.15, 0.2) is 0 Å². The van der Waals surface area contributed by atoms with Crippen LogP contribution in [0.25, 0.3) is 0 Å². The molecule has 0 unspecified atom stereocenters. The molecule has 4 rings (SSSR count). The summed E-state index contributed by atoms with van der Waals surface area (Å²) in [4.78, 5) is 47.7. The van der Waals surface area contributed by atoms with Crippen LogP contribution in [-0.2, 0) is 33.4 Å². The standard InChI is InChI=1S/C30H46O8/c1-16(7-10-27(34)35)22-8-9-23-28-24(15-26(30(22,23)6)38-19(4)33)29(5)12-11-21(36-17(2)31)13-20(29)14-25(28)37-18(3)32/h16,20-26,28H,7-15H2,1-6H3,(H,34,35)/t16-,20-,21+,22-,23+,24+,25-,26-,28+,29+,30-/m1/s1. The molecule has 8 nitrogen and oxygen atoms in total. The summed E-state index contributed by atoms with van der Waals surface area (Å²) in [6.07, 6.45) is 5.93.